The number of rotatable bonds is 6. The highest BCUT2D eigenvalue weighted by Gasteiger charge is 2.31. The molecule has 1 aromatic carbocycles. The Labute approximate surface area is 203 Å². The molecular weight excluding hydrogens is 454 g/mol. The summed E-state index contributed by atoms with van der Waals surface area (Å²) in [5.41, 5.74) is 8.37. The number of halogens is 1. The molecule has 3 heterocycles. The molecule has 172 valence electrons. The van der Waals surface area contributed by atoms with Crippen LogP contribution in [0.4, 0.5) is 0 Å². The Bertz CT molecular complexity index is 1080. The molecule has 0 bridgehead atoms. The van der Waals surface area contributed by atoms with Gasteiger partial charge in [-0.15, -0.1) is 11.3 Å². The average Bonchev–Trinajstić information content (AvgIpc) is 3.48. The Hall–Kier alpha value is -2.45. The van der Waals surface area contributed by atoms with Gasteiger partial charge in [-0.1, -0.05) is 36.2 Å². The zero-order valence-corrected chi connectivity index (χ0v) is 20.0. The van der Waals surface area contributed by atoms with Gasteiger partial charge >= 0.3 is 0 Å². The van der Waals surface area contributed by atoms with Crippen molar-refractivity contribution in [2.75, 3.05) is 26.2 Å². The fraction of sp³-hybridized carbons (Fsp3) is 0.360. The topological polar surface area (TPSA) is 68.8 Å². The van der Waals surface area contributed by atoms with Crippen LogP contribution >= 0.6 is 22.9 Å². The number of aliphatic imine (C=N–C) groups is 1. The molecule has 8 heteroatoms. The number of fused-ring (bicyclic) bond motifs is 1. The number of amides is 1. The second-order valence-corrected chi connectivity index (χ2v) is 10.1. The maximum atomic E-state index is 12.8. The maximum Gasteiger partial charge on any atom is 0.265 e. The predicted octanol–water partition coefficient (Wildman–Crippen LogP) is 4.23. The number of amidine groups is 1. The van der Waals surface area contributed by atoms with E-state index in [1.165, 1.54) is 43.7 Å². The highest BCUT2D eigenvalue weighted by Crippen LogP contribution is 2.29. The van der Waals surface area contributed by atoms with Gasteiger partial charge in [-0.25, -0.2) is 5.43 Å². The number of piperidine rings is 1. The highest BCUT2D eigenvalue weighted by atomic mass is 35.5. The second-order valence-electron chi connectivity index (χ2n) is 8.60. The first-order valence-electron chi connectivity index (χ1n) is 11.5. The van der Waals surface area contributed by atoms with Gasteiger partial charge in [0.05, 0.1) is 23.4 Å². The molecular formula is C25H28ClN5OS. The van der Waals surface area contributed by atoms with Crippen LogP contribution in [0.2, 0.25) is 5.02 Å². The smallest absolute Gasteiger partial charge is 0.265 e. The van der Waals surface area contributed by atoms with Gasteiger partial charge in [-0.3, -0.25) is 9.79 Å². The summed E-state index contributed by atoms with van der Waals surface area (Å²) < 4.78 is 0. The molecule has 3 aliphatic rings. The first kappa shape index (κ1) is 22.3. The number of allylic oxidation sites excluding steroid dienone is 1. The molecule has 2 atom stereocenters. The largest absolute Gasteiger partial charge is 0.322 e. The van der Waals surface area contributed by atoms with Crippen LogP contribution < -0.4 is 16.2 Å². The van der Waals surface area contributed by atoms with Crippen molar-refractivity contribution >= 4 is 34.7 Å². The third kappa shape index (κ3) is 5.38. The molecule has 1 aliphatic carbocycles. The second kappa shape index (κ2) is 10.2. The van der Waals surface area contributed by atoms with Gasteiger partial charge in [0.1, 0.15) is 5.84 Å². The number of nitrogens with one attached hydrogen (secondary N) is 3. The summed E-state index contributed by atoms with van der Waals surface area (Å²) in [4.78, 5) is 21.8. The van der Waals surface area contributed by atoms with E-state index in [1.807, 2.05) is 42.5 Å². The van der Waals surface area contributed by atoms with Gasteiger partial charge in [-0.2, -0.15) is 0 Å². The summed E-state index contributed by atoms with van der Waals surface area (Å²) in [6.07, 6.45) is 10.1. The lowest BCUT2D eigenvalue weighted by atomic mass is 9.95. The molecule has 33 heavy (non-hydrogen) atoms. The van der Waals surface area contributed by atoms with Gasteiger partial charge in [-0.05, 0) is 67.9 Å². The van der Waals surface area contributed by atoms with Crippen molar-refractivity contribution < 1.29 is 4.79 Å². The van der Waals surface area contributed by atoms with Crippen molar-refractivity contribution in [3.05, 3.63) is 70.2 Å². The molecule has 2 fully saturated rings. The number of likely N-dealkylation sites (tertiary alicyclic amines) is 1. The number of hydrazine groups is 1. The molecule has 0 spiro atoms. The minimum atomic E-state index is -0.101. The zero-order valence-electron chi connectivity index (χ0n) is 18.4. The van der Waals surface area contributed by atoms with Crippen molar-refractivity contribution in [3.63, 3.8) is 0 Å². The van der Waals surface area contributed by atoms with E-state index in [0.29, 0.717) is 9.90 Å². The Balaban J connectivity index is 1.16. The standard InChI is InChI=1S/C25H28ClN5OS/c26-18-6-4-17(5-7-18)22-10-11-23(33-22)25(32)28-19-8-9-20-21(16-19)29-30-24(20)27-12-15-31-13-2-1-3-14-31/h4-11,16,20-21,29H,1-3,12-15H2,(H,27,30)(H,28,32). The molecule has 2 aromatic rings. The number of benzene rings is 1. The molecule has 2 unspecified atom stereocenters. The number of thiophene rings is 1. The molecule has 3 N–H and O–H groups in total. The Morgan fingerprint density at radius 2 is 1.97 bits per heavy atom. The van der Waals surface area contributed by atoms with E-state index in [-0.39, 0.29) is 17.9 Å². The van der Waals surface area contributed by atoms with Gasteiger partial charge in [0.2, 0.25) is 0 Å². The van der Waals surface area contributed by atoms with Crippen molar-refractivity contribution in [2.45, 2.75) is 25.3 Å². The van der Waals surface area contributed by atoms with Crippen molar-refractivity contribution in [1.29, 1.82) is 0 Å². The van der Waals surface area contributed by atoms with Crippen LogP contribution in [0, 0.1) is 5.92 Å². The van der Waals surface area contributed by atoms with Gasteiger partial charge < -0.3 is 15.6 Å². The Morgan fingerprint density at radius 1 is 1.15 bits per heavy atom. The minimum Gasteiger partial charge on any atom is -0.322 e. The maximum absolute atomic E-state index is 12.8. The van der Waals surface area contributed by atoms with Crippen LogP contribution in [0.3, 0.4) is 0 Å². The van der Waals surface area contributed by atoms with Crippen LogP contribution in [0.5, 0.6) is 0 Å². The van der Waals surface area contributed by atoms with E-state index in [0.717, 1.165) is 35.1 Å². The normalized spacial score (nSPS) is 23.8. The lowest BCUT2D eigenvalue weighted by Crippen LogP contribution is -2.33. The van der Waals surface area contributed by atoms with E-state index in [4.69, 9.17) is 16.6 Å². The SMILES string of the molecule is O=C(NC1=CC2NNC(=NCCN3CCCCC3)C2C=C1)c1ccc(-c2ccc(Cl)cc2)s1. The molecule has 2 saturated heterocycles. The zero-order chi connectivity index (χ0) is 22.6. The first-order valence-corrected chi connectivity index (χ1v) is 12.7. The number of carbonyl (C=O) groups is 1. The number of hydrogen-bond donors (Lipinski definition) is 3. The van der Waals surface area contributed by atoms with E-state index in [2.05, 4.69) is 33.2 Å². The predicted molar refractivity (Wildman–Crippen MR) is 136 cm³/mol. The van der Waals surface area contributed by atoms with Crippen molar-refractivity contribution in [1.82, 2.24) is 21.1 Å². The summed E-state index contributed by atoms with van der Waals surface area (Å²) in [5.74, 6) is 1.04. The van der Waals surface area contributed by atoms with Crippen LogP contribution in [-0.2, 0) is 0 Å². The lowest BCUT2D eigenvalue weighted by molar-refractivity contribution is 0.0971. The Morgan fingerprint density at radius 3 is 2.79 bits per heavy atom. The third-order valence-corrected chi connectivity index (χ3v) is 7.66. The lowest BCUT2D eigenvalue weighted by Gasteiger charge is -2.25. The summed E-state index contributed by atoms with van der Waals surface area (Å²) in [7, 11) is 0. The van der Waals surface area contributed by atoms with E-state index in [9.17, 15) is 4.79 Å². The van der Waals surface area contributed by atoms with Crippen LogP contribution in [-0.4, -0.2) is 48.9 Å². The third-order valence-electron chi connectivity index (χ3n) is 6.28. The fourth-order valence-electron chi connectivity index (χ4n) is 4.46. The number of nitrogens with zero attached hydrogens (tertiary/aromatic N) is 2. The molecule has 6 nitrogen and oxygen atoms in total. The average molecular weight is 482 g/mol. The highest BCUT2D eigenvalue weighted by molar-refractivity contribution is 7.17. The van der Waals surface area contributed by atoms with E-state index >= 15 is 0 Å². The molecule has 0 saturated carbocycles. The summed E-state index contributed by atoms with van der Waals surface area (Å²) in [5, 5.41) is 3.73. The van der Waals surface area contributed by atoms with Crippen molar-refractivity contribution in [3.8, 4) is 10.4 Å². The molecule has 0 radical (unpaired) electrons. The van der Waals surface area contributed by atoms with E-state index in [1.54, 1.807) is 0 Å². The van der Waals surface area contributed by atoms with Gasteiger partial charge in [0.25, 0.3) is 5.91 Å². The monoisotopic (exact) mass is 481 g/mol. The van der Waals surface area contributed by atoms with Gasteiger partial charge in [0.15, 0.2) is 0 Å². The minimum absolute atomic E-state index is 0.0759. The molecule has 1 amide bonds. The molecule has 1 aromatic heterocycles. The quantitative estimate of drug-likeness (QED) is 0.577. The molecule has 2 aliphatic heterocycles. The van der Waals surface area contributed by atoms with Crippen molar-refractivity contribution in [2.24, 2.45) is 10.9 Å². The number of carbonyl (C=O) groups excluding carboxylic acids is 1. The summed E-state index contributed by atoms with van der Waals surface area (Å²) >= 11 is 7.45. The molecule has 5 rings (SSSR count). The number of hydrogen-bond acceptors (Lipinski definition) is 5. The van der Waals surface area contributed by atoms with E-state index < -0.39 is 0 Å². The Kier molecular flexibility index (Phi) is 6.92. The van der Waals surface area contributed by atoms with Crippen LogP contribution in [0.15, 0.2) is 65.3 Å². The summed E-state index contributed by atoms with van der Waals surface area (Å²) in [6.45, 7) is 4.21. The van der Waals surface area contributed by atoms with Gasteiger partial charge in [0, 0.05) is 22.1 Å². The van der Waals surface area contributed by atoms with Crippen LogP contribution in [0.25, 0.3) is 10.4 Å². The van der Waals surface area contributed by atoms with Crippen LogP contribution in [0.1, 0.15) is 28.9 Å². The summed E-state index contributed by atoms with van der Waals surface area (Å²) in [6, 6.07) is 11.6. The first-order chi connectivity index (χ1) is 16.2. The fourth-order valence-corrected chi connectivity index (χ4v) is 5.49.